The van der Waals surface area contributed by atoms with Crippen molar-refractivity contribution < 1.29 is 5.11 Å². The van der Waals surface area contributed by atoms with E-state index in [0.29, 0.717) is 12.2 Å². The average Bonchev–Trinajstić information content (AvgIpc) is 3.01. The summed E-state index contributed by atoms with van der Waals surface area (Å²) in [7, 11) is 1.75. The van der Waals surface area contributed by atoms with Crippen molar-refractivity contribution in [2.75, 3.05) is 13.1 Å². The summed E-state index contributed by atoms with van der Waals surface area (Å²) in [6, 6.07) is 0. The molecule has 0 radical (unpaired) electrons. The Morgan fingerprint density at radius 2 is 1.95 bits per heavy atom. The van der Waals surface area contributed by atoms with Gasteiger partial charge in [0.25, 0.3) is 0 Å². The van der Waals surface area contributed by atoms with E-state index in [1.165, 1.54) is 17.6 Å². The molecule has 6 heteroatoms. The van der Waals surface area contributed by atoms with Gasteiger partial charge in [0.15, 0.2) is 5.82 Å². The fourth-order valence-corrected chi connectivity index (χ4v) is 3.47. The van der Waals surface area contributed by atoms with Crippen LogP contribution in [0.25, 0.3) is 0 Å². The molecule has 108 valence electrons. The largest absolute Gasteiger partial charge is 0.391 e. The van der Waals surface area contributed by atoms with Crippen molar-refractivity contribution in [1.82, 2.24) is 25.1 Å². The number of hydrogen-bond acceptors (Lipinski definition) is 5. The molecule has 19 heavy (non-hydrogen) atoms. The lowest BCUT2D eigenvalue weighted by atomic mass is 9.86. The minimum atomic E-state index is -0.418. The van der Waals surface area contributed by atoms with Crippen LogP contribution in [-0.4, -0.2) is 54.9 Å². The van der Waals surface area contributed by atoms with Crippen molar-refractivity contribution >= 4 is 0 Å². The van der Waals surface area contributed by atoms with Crippen molar-refractivity contribution in [3.63, 3.8) is 0 Å². The number of hydrogen-bond donors (Lipinski definition) is 1. The number of nitrogens with zero attached hydrogens (tertiary/aromatic N) is 5. The minimum absolute atomic E-state index is 0.0945. The third-order valence-electron chi connectivity index (χ3n) is 4.41. The smallest absolute Gasteiger partial charge is 0.177 e. The molecule has 2 rings (SSSR count). The summed E-state index contributed by atoms with van der Waals surface area (Å²) in [6.07, 6.45) is 4.60. The van der Waals surface area contributed by atoms with Gasteiger partial charge in [-0.2, -0.15) is 4.80 Å². The maximum Gasteiger partial charge on any atom is 0.177 e. The van der Waals surface area contributed by atoms with E-state index in [4.69, 9.17) is 0 Å². The third kappa shape index (κ3) is 2.79. The number of likely N-dealkylation sites (N-methyl/N-ethyl adjacent to an activating group) is 1. The Labute approximate surface area is 114 Å². The van der Waals surface area contributed by atoms with Crippen LogP contribution in [0.15, 0.2) is 0 Å². The number of aliphatic hydroxyl groups excluding tert-OH is 1. The fraction of sp³-hybridized carbons (Fsp3) is 0.923. The first-order valence-electron chi connectivity index (χ1n) is 7.28. The molecule has 1 aliphatic carbocycles. The SMILES string of the molecule is CCN(CC)C1(C(O)Cc2nnn(C)n2)CCCC1. The normalized spacial score (nSPS) is 20.1. The van der Waals surface area contributed by atoms with Gasteiger partial charge in [-0.15, -0.1) is 10.2 Å². The Balaban J connectivity index is 2.14. The molecule has 0 aliphatic heterocycles. The van der Waals surface area contributed by atoms with Gasteiger partial charge in [0.1, 0.15) is 0 Å². The van der Waals surface area contributed by atoms with Crippen LogP contribution in [0.4, 0.5) is 0 Å². The molecule has 1 aromatic heterocycles. The molecule has 1 atom stereocenters. The van der Waals surface area contributed by atoms with Crippen molar-refractivity contribution in [1.29, 1.82) is 0 Å². The topological polar surface area (TPSA) is 67.1 Å². The van der Waals surface area contributed by atoms with Gasteiger partial charge in [-0.3, -0.25) is 4.90 Å². The Morgan fingerprint density at radius 1 is 1.32 bits per heavy atom. The zero-order valence-electron chi connectivity index (χ0n) is 12.2. The van der Waals surface area contributed by atoms with Crippen LogP contribution in [0, 0.1) is 0 Å². The van der Waals surface area contributed by atoms with Crippen LogP contribution in [-0.2, 0) is 13.5 Å². The standard InChI is InChI=1S/C13H25N5O/c1-4-18(5-2)13(8-6-7-9-13)11(19)10-12-14-16-17(3)15-12/h11,19H,4-10H2,1-3H3. The molecule has 1 saturated carbocycles. The van der Waals surface area contributed by atoms with E-state index in [0.717, 1.165) is 25.9 Å². The third-order valence-corrected chi connectivity index (χ3v) is 4.41. The Hall–Kier alpha value is -1.01. The summed E-state index contributed by atoms with van der Waals surface area (Å²) >= 11 is 0. The van der Waals surface area contributed by atoms with Gasteiger partial charge < -0.3 is 5.11 Å². The maximum absolute atomic E-state index is 10.7. The highest BCUT2D eigenvalue weighted by Crippen LogP contribution is 2.38. The van der Waals surface area contributed by atoms with E-state index >= 15 is 0 Å². The Bertz CT molecular complexity index is 395. The number of aryl methyl sites for hydroxylation is 1. The predicted molar refractivity (Wildman–Crippen MR) is 72.6 cm³/mol. The van der Waals surface area contributed by atoms with E-state index < -0.39 is 6.10 Å². The summed E-state index contributed by atoms with van der Waals surface area (Å²) in [5, 5.41) is 22.7. The zero-order chi connectivity index (χ0) is 13.9. The molecule has 0 bridgehead atoms. The van der Waals surface area contributed by atoms with E-state index in [9.17, 15) is 5.11 Å². The zero-order valence-corrected chi connectivity index (χ0v) is 12.2. The van der Waals surface area contributed by atoms with Crippen LogP contribution in [0.3, 0.4) is 0 Å². The molecule has 0 saturated heterocycles. The van der Waals surface area contributed by atoms with Crippen molar-refractivity contribution in [3.05, 3.63) is 5.82 Å². The van der Waals surface area contributed by atoms with Gasteiger partial charge in [0, 0.05) is 12.0 Å². The molecule has 1 unspecified atom stereocenters. The predicted octanol–water partition coefficient (Wildman–Crippen LogP) is 0.768. The first-order valence-corrected chi connectivity index (χ1v) is 7.28. The van der Waals surface area contributed by atoms with E-state index in [1.807, 2.05) is 0 Å². The highest BCUT2D eigenvalue weighted by molar-refractivity contribution is 5.02. The van der Waals surface area contributed by atoms with E-state index in [-0.39, 0.29) is 5.54 Å². The molecule has 0 spiro atoms. The van der Waals surface area contributed by atoms with Gasteiger partial charge in [-0.25, -0.2) is 0 Å². The second-order valence-corrected chi connectivity index (χ2v) is 5.40. The van der Waals surface area contributed by atoms with Crippen LogP contribution in [0.5, 0.6) is 0 Å². The first kappa shape index (κ1) is 14.4. The van der Waals surface area contributed by atoms with E-state index in [2.05, 4.69) is 34.2 Å². The molecule has 1 aromatic rings. The molecule has 0 amide bonds. The lowest BCUT2D eigenvalue weighted by Gasteiger charge is -2.43. The summed E-state index contributed by atoms with van der Waals surface area (Å²) in [6.45, 7) is 6.27. The molecule has 1 N–H and O–H groups in total. The van der Waals surface area contributed by atoms with E-state index in [1.54, 1.807) is 7.05 Å². The summed E-state index contributed by atoms with van der Waals surface area (Å²) in [4.78, 5) is 3.85. The maximum atomic E-state index is 10.7. The number of aliphatic hydroxyl groups is 1. The molecular formula is C13H25N5O. The van der Waals surface area contributed by atoms with Crippen LogP contribution >= 0.6 is 0 Å². The van der Waals surface area contributed by atoms with Crippen LogP contribution < -0.4 is 0 Å². The van der Waals surface area contributed by atoms with Crippen LogP contribution in [0.1, 0.15) is 45.4 Å². The average molecular weight is 267 g/mol. The number of tetrazole rings is 1. The minimum Gasteiger partial charge on any atom is -0.391 e. The molecule has 1 heterocycles. The summed E-state index contributed by atoms with van der Waals surface area (Å²) < 4.78 is 0. The van der Waals surface area contributed by atoms with Crippen molar-refractivity contribution in [2.45, 2.75) is 57.6 Å². The summed E-state index contributed by atoms with van der Waals surface area (Å²) in [5.74, 6) is 0.633. The number of rotatable bonds is 6. The van der Waals surface area contributed by atoms with Gasteiger partial charge in [-0.05, 0) is 31.1 Å². The van der Waals surface area contributed by atoms with Crippen LogP contribution in [0.2, 0.25) is 0 Å². The van der Waals surface area contributed by atoms with Crippen molar-refractivity contribution in [2.24, 2.45) is 7.05 Å². The summed E-state index contributed by atoms with van der Waals surface area (Å²) in [5.41, 5.74) is -0.0945. The van der Waals surface area contributed by atoms with Crippen molar-refractivity contribution in [3.8, 4) is 0 Å². The Morgan fingerprint density at radius 3 is 2.42 bits per heavy atom. The quantitative estimate of drug-likeness (QED) is 0.824. The second-order valence-electron chi connectivity index (χ2n) is 5.40. The lowest BCUT2D eigenvalue weighted by Crippen LogP contribution is -2.55. The molecule has 6 nitrogen and oxygen atoms in total. The van der Waals surface area contributed by atoms with Gasteiger partial charge in [0.2, 0.25) is 0 Å². The second kappa shape index (κ2) is 5.96. The Kier molecular flexibility index (Phi) is 4.52. The fourth-order valence-electron chi connectivity index (χ4n) is 3.47. The van der Waals surface area contributed by atoms with Gasteiger partial charge in [0.05, 0.1) is 13.2 Å². The monoisotopic (exact) mass is 267 g/mol. The van der Waals surface area contributed by atoms with Gasteiger partial charge >= 0.3 is 0 Å². The number of aromatic nitrogens is 4. The first-order chi connectivity index (χ1) is 9.12. The molecular weight excluding hydrogens is 242 g/mol. The molecule has 1 aliphatic rings. The highest BCUT2D eigenvalue weighted by Gasteiger charge is 2.44. The van der Waals surface area contributed by atoms with Gasteiger partial charge in [-0.1, -0.05) is 26.7 Å². The lowest BCUT2D eigenvalue weighted by molar-refractivity contribution is -0.0254. The highest BCUT2D eigenvalue weighted by atomic mass is 16.3. The molecule has 0 aromatic carbocycles. The molecule has 1 fully saturated rings.